The summed E-state index contributed by atoms with van der Waals surface area (Å²) in [5.41, 5.74) is 5.25. The van der Waals surface area contributed by atoms with Crippen LogP contribution in [0.1, 0.15) is 58.3 Å². The minimum Gasteiger partial charge on any atom is -0.480 e. The standard InChI is InChI=1S/C15H29F2NO4/c1-10(6-4-2-3-5-7-12(16)17)8-9-11(19)14(20)13(18)15(21)22/h10-14,19-20H,2-9,18H2,1H3,(H,21,22). The van der Waals surface area contributed by atoms with E-state index in [-0.39, 0.29) is 12.8 Å². The summed E-state index contributed by atoms with van der Waals surface area (Å²) in [4.78, 5) is 10.6. The molecule has 0 aliphatic rings. The number of alkyl halides is 2. The van der Waals surface area contributed by atoms with Gasteiger partial charge in [0, 0.05) is 6.42 Å². The van der Waals surface area contributed by atoms with Crippen LogP contribution in [0.25, 0.3) is 0 Å². The third-order valence-corrected chi connectivity index (χ3v) is 3.87. The van der Waals surface area contributed by atoms with Gasteiger partial charge in [-0.05, 0) is 25.2 Å². The molecule has 4 atom stereocenters. The molecular formula is C15H29F2NO4. The highest BCUT2D eigenvalue weighted by molar-refractivity contribution is 5.73. The van der Waals surface area contributed by atoms with Crippen LogP contribution < -0.4 is 5.73 Å². The molecule has 0 aliphatic heterocycles. The van der Waals surface area contributed by atoms with Crippen molar-refractivity contribution in [3.8, 4) is 0 Å². The van der Waals surface area contributed by atoms with Crippen molar-refractivity contribution >= 4 is 5.97 Å². The number of aliphatic hydroxyl groups excluding tert-OH is 2. The molecule has 132 valence electrons. The number of carboxylic acids is 1. The fraction of sp³-hybridized carbons (Fsp3) is 0.933. The smallest absolute Gasteiger partial charge is 0.323 e. The highest BCUT2D eigenvalue weighted by Gasteiger charge is 2.28. The maximum absolute atomic E-state index is 11.9. The fourth-order valence-corrected chi connectivity index (χ4v) is 2.30. The molecule has 0 radical (unpaired) electrons. The topological polar surface area (TPSA) is 104 Å². The Labute approximate surface area is 130 Å². The van der Waals surface area contributed by atoms with Gasteiger partial charge in [0.05, 0.1) is 6.10 Å². The van der Waals surface area contributed by atoms with Crippen LogP contribution in [0, 0.1) is 5.92 Å². The van der Waals surface area contributed by atoms with Gasteiger partial charge < -0.3 is 21.1 Å². The van der Waals surface area contributed by atoms with Crippen molar-refractivity contribution in [2.24, 2.45) is 11.7 Å². The van der Waals surface area contributed by atoms with Gasteiger partial charge in [0.2, 0.25) is 6.43 Å². The number of aliphatic carboxylic acids is 1. The quantitative estimate of drug-likeness (QED) is 0.388. The fourth-order valence-electron chi connectivity index (χ4n) is 2.30. The van der Waals surface area contributed by atoms with Crippen LogP contribution in [0.2, 0.25) is 0 Å². The highest BCUT2D eigenvalue weighted by Crippen LogP contribution is 2.18. The Morgan fingerprint density at radius 1 is 1.00 bits per heavy atom. The summed E-state index contributed by atoms with van der Waals surface area (Å²) in [6.07, 6.45) is 0.171. The Morgan fingerprint density at radius 3 is 2.05 bits per heavy atom. The van der Waals surface area contributed by atoms with E-state index in [0.29, 0.717) is 18.8 Å². The van der Waals surface area contributed by atoms with Crippen molar-refractivity contribution in [3.63, 3.8) is 0 Å². The molecule has 0 aliphatic carbocycles. The summed E-state index contributed by atoms with van der Waals surface area (Å²) < 4.78 is 23.9. The Hall–Kier alpha value is -0.790. The number of hydrogen-bond acceptors (Lipinski definition) is 4. The number of unbranched alkanes of at least 4 members (excludes halogenated alkanes) is 3. The lowest BCUT2D eigenvalue weighted by Crippen LogP contribution is -2.48. The lowest BCUT2D eigenvalue weighted by atomic mass is 9.93. The van der Waals surface area contributed by atoms with Gasteiger partial charge in [0.15, 0.2) is 0 Å². The van der Waals surface area contributed by atoms with Crippen molar-refractivity contribution in [2.75, 3.05) is 0 Å². The van der Waals surface area contributed by atoms with Crippen LogP contribution in [0.5, 0.6) is 0 Å². The van der Waals surface area contributed by atoms with Gasteiger partial charge in [0.1, 0.15) is 12.1 Å². The number of carbonyl (C=O) groups is 1. The summed E-state index contributed by atoms with van der Waals surface area (Å²) in [5.74, 6) is -1.03. The molecule has 0 aromatic heterocycles. The second kappa shape index (κ2) is 11.7. The van der Waals surface area contributed by atoms with E-state index in [9.17, 15) is 23.8 Å². The SMILES string of the molecule is CC(CCCCCCC(F)F)CCC(O)C(O)C(N)C(=O)O. The van der Waals surface area contributed by atoms with Crippen molar-refractivity contribution < 1.29 is 28.9 Å². The van der Waals surface area contributed by atoms with Gasteiger partial charge in [-0.2, -0.15) is 0 Å². The number of aliphatic hydroxyl groups is 2. The average molecular weight is 325 g/mol. The zero-order valence-electron chi connectivity index (χ0n) is 13.1. The highest BCUT2D eigenvalue weighted by atomic mass is 19.3. The number of hydrogen-bond donors (Lipinski definition) is 4. The molecule has 0 saturated heterocycles. The van der Waals surface area contributed by atoms with E-state index in [2.05, 4.69) is 0 Å². The lowest BCUT2D eigenvalue weighted by molar-refractivity contribution is -0.143. The first-order valence-corrected chi connectivity index (χ1v) is 7.88. The van der Waals surface area contributed by atoms with E-state index in [0.717, 1.165) is 25.7 Å². The molecule has 5 nitrogen and oxygen atoms in total. The van der Waals surface area contributed by atoms with Gasteiger partial charge in [-0.15, -0.1) is 0 Å². The van der Waals surface area contributed by atoms with Gasteiger partial charge in [-0.1, -0.05) is 32.6 Å². The maximum atomic E-state index is 11.9. The molecule has 0 bridgehead atoms. The van der Waals surface area contributed by atoms with E-state index in [4.69, 9.17) is 10.8 Å². The average Bonchev–Trinajstić information content (AvgIpc) is 2.46. The summed E-state index contributed by atoms with van der Waals surface area (Å²) in [7, 11) is 0. The first kappa shape index (κ1) is 21.2. The molecule has 0 rings (SSSR count). The predicted octanol–water partition coefficient (Wildman–Crippen LogP) is 2.14. The van der Waals surface area contributed by atoms with Crippen molar-refractivity contribution in [1.29, 1.82) is 0 Å². The van der Waals surface area contributed by atoms with E-state index < -0.39 is 30.6 Å². The van der Waals surface area contributed by atoms with E-state index in [1.54, 1.807) is 0 Å². The molecule has 5 N–H and O–H groups in total. The van der Waals surface area contributed by atoms with Crippen molar-refractivity contribution in [1.82, 2.24) is 0 Å². The first-order chi connectivity index (χ1) is 10.3. The minimum atomic E-state index is -2.22. The number of halogens is 2. The van der Waals surface area contributed by atoms with Crippen LogP contribution in [-0.2, 0) is 4.79 Å². The zero-order valence-corrected chi connectivity index (χ0v) is 13.1. The van der Waals surface area contributed by atoms with Gasteiger partial charge in [-0.25, -0.2) is 8.78 Å². The third-order valence-electron chi connectivity index (χ3n) is 3.87. The Bertz CT molecular complexity index is 305. The molecule has 22 heavy (non-hydrogen) atoms. The number of carboxylic acid groups (broad SMARTS) is 1. The lowest BCUT2D eigenvalue weighted by Gasteiger charge is -2.22. The van der Waals surface area contributed by atoms with Gasteiger partial charge in [-0.3, -0.25) is 4.79 Å². The van der Waals surface area contributed by atoms with Crippen LogP contribution >= 0.6 is 0 Å². The summed E-state index contributed by atoms with van der Waals surface area (Å²) in [6.45, 7) is 2.01. The molecule has 0 aromatic carbocycles. The van der Waals surface area contributed by atoms with Crippen LogP contribution in [-0.4, -0.2) is 46.0 Å². The maximum Gasteiger partial charge on any atom is 0.323 e. The normalized spacial score (nSPS) is 17.2. The van der Waals surface area contributed by atoms with Crippen LogP contribution in [0.3, 0.4) is 0 Å². The monoisotopic (exact) mass is 325 g/mol. The second-order valence-corrected chi connectivity index (χ2v) is 5.99. The molecular weight excluding hydrogens is 296 g/mol. The minimum absolute atomic E-state index is 0.0382. The van der Waals surface area contributed by atoms with Crippen molar-refractivity contribution in [3.05, 3.63) is 0 Å². The second-order valence-electron chi connectivity index (χ2n) is 5.99. The molecule has 0 amide bonds. The molecule has 0 fully saturated rings. The third kappa shape index (κ3) is 10.0. The predicted molar refractivity (Wildman–Crippen MR) is 79.7 cm³/mol. The molecule has 0 aromatic rings. The van der Waals surface area contributed by atoms with Crippen LogP contribution in [0.4, 0.5) is 8.78 Å². The van der Waals surface area contributed by atoms with E-state index in [1.165, 1.54) is 0 Å². The first-order valence-electron chi connectivity index (χ1n) is 7.88. The number of nitrogens with two attached hydrogens (primary N) is 1. The van der Waals surface area contributed by atoms with Gasteiger partial charge >= 0.3 is 5.97 Å². The summed E-state index contributed by atoms with van der Waals surface area (Å²) in [5, 5.41) is 27.9. The van der Waals surface area contributed by atoms with E-state index >= 15 is 0 Å². The molecule has 7 heteroatoms. The van der Waals surface area contributed by atoms with E-state index in [1.807, 2.05) is 6.92 Å². The molecule has 0 heterocycles. The summed E-state index contributed by atoms with van der Waals surface area (Å²) >= 11 is 0. The van der Waals surface area contributed by atoms with Gasteiger partial charge in [0.25, 0.3) is 0 Å². The Morgan fingerprint density at radius 2 is 1.55 bits per heavy atom. The zero-order chi connectivity index (χ0) is 17.1. The van der Waals surface area contributed by atoms with Crippen LogP contribution in [0.15, 0.2) is 0 Å². The molecule has 4 unspecified atom stereocenters. The largest absolute Gasteiger partial charge is 0.480 e. The summed E-state index contributed by atoms with van der Waals surface area (Å²) in [6, 6.07) is -1.49. The Balaban J connectivity index is 3.71. The Kier molecular flexibility index (Phi) is 11.3. The van der Waals surface area contributed by atoms with Crippen molar-refractivity contribution in [2.45, 2.75) is 83.0 Å². The molecule has 0 saturated carbocycles. The molecule has 0 spiro atoms. The number of rotatable bonds is 13.